The van der Waals surface area contributed by atoms with E-state index in [0.717, 1.165) is 43.1 Å². The summed E-state index contributed by atoms with van der Waals surface area (Å²) in [6, 6.07) is 0. The first-order chi connectivity index (χ1) is 9.22. The lowest BCUT2D eigenvalue weighted by atomic mass is 10.3. The van der Waals surface area contributed by atoms with Crippen molar-refractivity contribution in [3.63, 3.8) is 0 Å². The van der Waals surface area contributed by atoms with Crippen molar-refractivity contribution < 1.29 is 9.63 Å². The van der Waals surface area contributed by atoms with Crippen LogP contribution in [0.1, 0.15) is 32.6 Å². The Morgan fingerprint density at radius 1 is 1.42 bits per heavy atom. The predicted octanol–water partition coefficient (Wildman–Crippen LogP) is 3.08. The molecule has 0 aromatic carbocycles. The van der Waals surface area contributed by atoms with Crippen molar-refractivity contribution in [1.29, 1.82) is 0 Å². The molecule has 1 heterocycles. The lowest BCUT2D eigenvalue weighted by Crippen LogP contribution is -2.23. The van der Waals surface area contributed by atoms with Crippen molar-refractivity contribution >= 4 is 27.6 Å². The van der Waals surface area contributed by atoms with Crippen LogP contribution in [0, 0.1) is 0 Å². The summed E-state index contributed by atoms with van der Waals surface area (Å²) in [6.45, 7) is 3.71. The molecule has 1 aliphatic heterocycles. The van der Waals surface area contributed by atoms with Gasteiger partial charge in [0.15, 0.2) is 0 Å². The Hall–Kier alpha value is -0.590. The van der Waals surface area contributed by atoms with Crippen LogP contribution >= 0.6 is 21.6 Å². The van der Waals surface area contributed by atoms with Crippen LogP contribution in [-0.4, -0.2) is 29.9 Å². The number of carbonyl (C=O) groups is 1. The lowest BCUT2D eigenvalue weighted by Gasteiger charge is -2.13. The van der Waals surface area contributed by atoms with Crippen LogP contribution in [0.3, 0.4) is 0 Å². The second-order valence-electron chi connectivity index (χ2n) is 4.20. The zero-order valence-corrected chi connectivity index (χ0v) is 13.0. The maximum atomic E-state index is 11.5. The van der Waals surface area contributed by atoms with Gasteiger partial charge in [0, 0.05) is 25.3 Å². The van der Waals surface area contributed by atoms with Gasteiger partial charge in [-0.1, -0.05) is 22.9 Å². The number of hydrogen-bond donors (Lipinski definition) is 1. The second-order valence-corrected chi connectivity index (χ2v) is 6.69. The summed E-state index contributed by atoms with van der Waals surface area (Å²) in [5.74, 6) is 0.773. The summed E-state index contributed by atoms with van der Waals surface area (Å²) in [5, 5.41) is 2.55. The quantitative estimate of drug-likeness (QED) is 0.422. The molecule has 19 heavy (non-hydrogen) atoms. The molecule has 1 aliphatic rings. The van der Waals surface area contributed by atoms with Crippen molar-refractivity contribution in [3.05, 3.63) is 23.3 Å². The van der Waals surface area contributed by atoms with Crippen molar-refractivity contribution in [1.82, 2.24) is 5.06 Å². The van der Waals surface area contributed by atoms with E-state index in [-0.39, 0.29) is 5.97 Å². The monoisotopic (exact) mass is 302 g/mol. The van der Waals surface area contributed by atoms with Crippen molar-refractivity contribution in [3.8, 4) is 0 Å². The topological polar surface area (TPSA) is 55.6 Å². The Balaban J connectivity index is 1.99. The maximum Gasteiger partial charge on any atom is 0.325 e. The first-order valence-corrected chi connectivity index (χ1v) is 8.88. The number of hydrogen-bond acceptors (Lipinski definition) is 6. The minimum atomic E-state index is -0.120. The smallest absolute Gasteiger partial charge is 0.325 e. The van der Waals surface area contributed by atoms with Gasteiger partial charge in [-0.2, -0.15) is 0 Å². The van der Waals surface area contributed by atoms with Gasteiger partial charge in [-0.3, -0.25) is 4.79 Å². The molecule has 108 valence electrons. The number of allylic oxidation sites excluding steroid dienone is 3. The van der Waals surface area contributed by atoms with Gasteiger partial charge in [0.2, 0.25) is 0 Å². The molecule has 0 aromatic rings. The molecule has 4 nitrogen and oxygen atoms in total. The van der Waals surface area contributed by atoms with Gasteiger partial charge in [-0.15, -0.1) is 5.06 Å². The van der Waals surface area contributed by atoms with Crippen LogP contribution in [0.5, 0.6) is 0 Å². The van der Waals surface area contributed by atoms with Crippen LogP contribution in [-0.2, 0) is 9.63 Å². The number of nitrogens with zero attached hydrogens (tertiary/aromatic N) is 1. The van der Waals surface area contributed by atoms with E-state index in [1.54, 1.807) is 26.7 Å². The lowest BCUT2D eigenvalue weighted by molar-refractivity contribution is -0.185. The number of nitrogens with two attached hydrogens (primary N) is 1. The van der Waals surface area contributed by atoms with Gasteiger partial charge < -0.3 is 10.6 Å². The van der Waals surface area contributed by atoms with Gasteiger partial charge in [0.25, 0.3) is 0 Å². The molecule has 0 atom stereocenters. The highest BCUT2D eigenvalue weighted by molar-refractivity contribution is 8.78. The molecule has 0 saturated carbocycles. The van der Waals surface area contributed by atoms with E-state index in [1.807, 2.05) is 25.2 Å². The summed E-state index contributed by atoms with van der Waals surface area (Å²) >= 11 is 0. The third-order valence-electron chi connectivity index (χ3n) is 2.51. The van der Waals surface area contributed by atoms with Crippen molar-refractivity contribution in [2.45, 2.75) is 32.6 Å². The van der Waals surface area contributed by atoms with Crippen LogP contribution in [0.25, 0.3) is 0 Å². The minimum absolute atomic E-state index is 0.120. The van der Waals surface area contributed by atoms with Crippen LogP contribution in [0.15, 0.2) is 23.3 Å². The van der Waals surface area contributed by atoms with E-state index in [2.05, 4.69) is 0 Å². The molecule has 0 bridgehead atoms. The molecule has 6 heteroatoms. The first kappa shape index (κ1) is 16.5. The highest BCUT2D eigenvalue weighted by Crippen LogP contribution is 2.27. The predicted molar refractivity (Wildman–Crippen MR) is 83.3 cm³/mol. The summed E-state index contributed by atoms with van der Waals surface area (Å²) in [7, 11) is 3.21. The average Bonchev–Trinajstić information content (AvgIpc) is 2.88. The molecule has 0 aliphatic carbocycles. The van der Waals surface area contributed by atoms with Gasteiger partial charge >= 0.3 is 5.97 Å². The molecule has 0 aromatic heterocycles. The van der Waals surface area contributed by atoms with Crippen LogP contribution in [0.2, 0.25) is 0 Å². The summed E-state index contributed by atoms with van der Waals surface area (Å²) < 4.78 is 0. The van der Waals surface area contributed by atoms with Crippen molar-refractivity contribution in [2.24, 2.45) is 5.73 Å². The van der Waals surface area contributed by atoms with E-state index in [0.29, 0.717) is 6.42 Å². The molecule has 2 N–H and O–H groups in total. The maximum absolute atomic E-state index is 11.5. The number of rotatable bonds is 8. The molecule has 1 fully saturated rings. The van der Waals surface area contributed by atoms with E-state index < -0.39 is 0 Å². The van der Waals surface area contributed by atoms with Crippen LogP contribution < -0.4 is 5.73 Å². The molecular weight excluding hydrogens is 280 g/mol. The average molecular weight is 302 g/mol. The molecule has 0 spiro atoms. The van der Waals surface area contributed by atoms with Gasteiger partial charge in [-0.25, -0.2) is 0 Å². The zero-order chi connectivity index (χ0) is 13.9. The third-order valence-corrected chi connectivity index (χ3v) is 4.85. The Kier molecular flexibility index (Phi) is 8.86. The standard InChI is InChI=1S/C13H22N2O2S2/c1-2-3-7-12(14)19-18-11-6-8-13(16)17-15-9-4-5-10-15/h2-3,7H,4-6,8-11,14H2,1H3/b3-2-,12-7+. The van der Waals surface area contributed by atoms with Crippen molar-refractivity contribution in [2.75, 3.05) is 18.8 Å². The second kappa shape index (κ2) is 10.2. The summed E-state index contributed by atoms with van der Waals surface area (Å²) in [6.07, 6.45) is 9.26. The molecular formula is C13H22N2O2S2. The Morgan fingerprint density at radius 2 is 2.16 bits per heavy atom. The van der Waals surface area contributed by atoms with Gasteiger partial charge in [-0.05, 0) is 43.1 Å². The molecule has 0 unspecified atom stereocenters. The van der Waals surface area contributed by atoms with E-state index >= 15 is 0 Å². The first-order valence-electron chi connectivity index (χ1n) is 6.56. The van der Waals surface area contributed by atoms with E-state index in [9.17, 15) is 4.79 Å². The highest BCUT2D eigenvalue weighted by Gasteiger charge is 2.15. The molecule has 0 radical (unpaired) electrons. The van der Waals surface area contributed by atoms with Crippen LogP contribution in [0.4, 0.5) is 0 Å². The zero-order valence-electron chi connectivity index (χ0n) is 11.3. The Bertz CT molecular complexity index is 327. The van der Waals surface area contributed by atoms with E-state index in [1.165, 1.54) is 0 Å². The highest BCUT2D eigenvalue weighted by atomic mass is 33.1. The number of carbonyl (C=O) groups excluding carboxylic acids is 1. The fraction of sp³-hybridized carbons (Fsp3) is 0.615. The fourth-order valence-electron chi connectivity index (χ4n) is 1.57. The summed E-state index contributed by atoms with van der Waals surface area (Å²) in [4.78, 5) is 16.7. The Morgan fingerprint density at radius 3 is 2.84 bits per heavy atom. The molecule has 0 amide bonds. The van der Waals surface area contributed by atoms with E-state index in [4.69, 9.17) is 10.6 Å². The number of hydroxylamine groups is 2. The Labute approximate surface area is 123 Å². The SMILES string of the molecule is C/C=C\C=C(/N)SSCCCC(=O)ON1CCCC1. The molecule has 1 rings (SSSR count). The largest absolute Gasteiger partial charge is 0.393 e. The third kappa shape index (κ3) is 8.23. The normalized spacial score (nSPS) is 17.2. The fourth-order valence-corrected chi connectivity index (χ4v) is 3.37. The minimum Gasteiger partial charge on any atom is -0.393 e. The van der Waals surface area contributed by atoms with Gasteiger partial charge in [0.1, 0.15) is 0 Å². The summed E-state index contributed by atoms with van der Waals surface area (Å²) in [5.41, 5.74) is 5.76. The molecule has 1 saturated heterocycles. The van der Waals surface area contributed by atoms with Gasteiger partial charge in [0.05, 0.1) is 5.03 Å².